The Hall–Kier alpha value is -1.57. The van der Waals surface area contributed by atoms with Crippen LogP contribution < -0.4 is 0 Å². The zero-order valence-electron chi connectivity index (χ0n) is 14.9. The number of methoxy groups -OCH3 is 1. The standard InChI is InChI=1S/C19H16Cl3N3O2S/c1-27-9-8-25-18(12-2-4-13(20)5-3-12)23-24-19(25)28-11-17(26)15-10-14(21)6-7-16(15)22/h2-7,10H,8-9,11H2,1H3. The highest BCUT2D eigenvalue weighted by Crippen LogP contribution is 2.27. The molecule has 1 heterocycles. The third kappa shape index (κ3) is 5.07. The van der Waals surface area contributed by atoms with E-state index < -0.39 is 0 Å². The van der Waals surface area contributed by atoms with Gasteiger partial charge in [-0.15, -0.1) is 10.2 Å². The number of carbonyl (C=O) groups is 1. The van der Waals surface area contributed by atoms with Crippen molar-refractivity contribution in [2.75, 3.05) is 19.5 Å². The Morgan fingerprint density at radius 2 is 1.79 bits per heavy atom. The zero-order valence-corrected chi connectivity index (χ0v) is 17.9. The number of nitrogens with zero attached hydrogens (tertiary/aromatic N) is 3. The lowest BCUT2D eigenvalue weighted by Crippen LogP contribution is -2.09. The number of thioether (sulfide) groups is 1. The summed E-state index contributed by atoms with van der Waals surface area (Å²) in [6.45, 7) is 1.04. The number of hydrogen-bond acceptors (Lipinski definition) is 5. The van der Waals surface area contributed by atoms with Gasteiger partial charge in [0.25, 0.3) is 0 Å². The smallest absolute Gasteiger partial charge is 0.192 e. The molecule has 3 aromatic rings. The first-order valence-corrected chi connectivity index (χ1v) is 10.4. The third-order valence-electron chi connectivity index (χ3n) is 3.90. The fraction of sp³-hybridized carbons (Fsp3) is 0.211. The minimum absolute atomic E-state index is 0.133. The van der Waals surface area contributed by atoms with Gasteiger partial charge in [0.15, 0.2) is 16.8 Å². The Bertz CT molecular complexity index is 977. The third-order valence-corrected chi connectivity index (χ3v) is 5.68. The molecule has 0 N–H and O–H groups in total. The molecule has 5 nitrogen and oxygen atoms in total. The van der Waals surface area contributed by atoms with Gasteiger partial charge in [-0.1, -0.05) is 46.6 Å². The molecule has 0 aliphatic rings. The highest BCUT2D eigenvalue weighted by atomic mass is 35.5. The minimum Gasteiger partial charge on any atom is -0.383 e. The van der Waals surface area contributed by atoms with Crippen LogP contribution in [0.3, 0.4) is 0 Å². The van der Waals surface area contributed by atoms with E-state index >= 15 is 0 Å². The summed E-state index contributed by atoms with van der Waals surface area (Å²) in [6, 6.07) is 12.2. The highest BCUT2D eigenvalue weighted by Gasteiger charge is 2.17. The number of benzene rings is 2. The van der Waals surface area contributed by atoms with E-state index in [4.69, 9.17) is 39.5 Å². The molecule has 0 radical (unpaired) electrons. The van der Waals surface area contributed by atoms with Gasteiger partial charge in [0.05, 0.1) is 23.9 Å². The number of Topliss-reactive ketones (excluding diaryl/α,β-unsaturated/α-hetero) is 1. The Morgan fingerprint density at radius 3 is 2.50 bits per heavy atom. The minimum atomic E-state index is -0.133. The second-order valence-electron chi connectivity index (χ2n) is 5.79. The summed E-state index contributed by atoms with van der Waals surface area (Å²) in [5.41, 5.74) is 1.27. The molecule has 0 fully saturated rings. The van der Waals surface area contributed by atoms with Crippen LogP contribution in [0.1, 0.15) is 10.4 Å². The number of ether oxygens (including phenoxy) is 1. The SMILES string of the molecule is COCCn1c(SCC(=O)c2cc(Cl)ccc2Cl)nnc1-c1ccc(Cl)cc1. The van der Waals surface area contributed by atoms with Crippen LogP contribution in [-0.4, -0.2) is 40.0 Å². The average Bonchev–Trinajstić information content (AvgIpc) is 3.09. The molecule has 0 atom stereocenters. The Kier molecular flexibility index (Phi) is 7.37. The Morgan fingerprint density at radius 1 is 1.07 bits per heavy atom. The van der Waals surface area contributed by atoms with E-state index in [0.717, 1.165) is 5.56 Å². The molecule has 146 valence electrons. The van der Waals surface area contributed by atoms with Crippen LogP contribution in [0.4, 0.5) is 0 Å². The van der Waals surface area contributed by atoms with Crippen LogP contribution >= 0.6 is 46.6 Å². The number of carbonyl (C=O) groups excluding carboxylic acids is 1. The topological polar surface area (TPSA) is 57.0 Å². The first-order chi connectivity index (χ1) is 13.5. The van der Waals surface area contributed by atoms with E-state index in [9.17, 15) is 4.79 Å². The van der Waals surface area contributed by atoms with Gasteiger partial charge in [-0.05, 0) is 42.5 Å². The van der Waals surface area contributed by atoms with Crippen LogP contribution in [-0.2, 0) is 11.3 Å². The molecule has 0 bridgehead atoms. The van der Waals surface area contributed by atoms with Crippen molar-refractivity contribution in [3.63, 3.8) is 0 Å². The second kappa shape index (κ2) is 9.76. The van der Waals surface area contributed by atoms with Crippen LogP contribution in [0.5, 0.6) is 0 Å². The molecule has 0 saturated carbocycles. The molecule has 0 spiro atoms. The van der Waals surface area contributed by atoms with Gasteiger partial charge >= 0.3 is 0 Å². The van der Waals surface area contributed by atoms with Crippen molar-refractivity contribution in [2.45, 2.75) is 11.7 Å². The van der Waals surface area contributed by atoms with Crippen LogP contribution in [0, 0.1) is 0 Å². The van der Waals surface area contributed by atoms with E-state index in [2.05, 4.69) is 10.2 Å². The summed E-state index contributed by atoms with van der Waals surface area (Å²) >= 11 is 19.4. The Labute approximate surface area is 182 Å². The molecule has 0 saturated heterocycles. The van der Waals surface area contributed by atoms with Crippen molar-refractivity contribution >= 4 is 52.3 Å². The van der Waals surface area contributed by atoms with Crippen molar-refractivity contribution < 1.29 is 9.53 Å². The number of aromatic nitrogens is 3. The molecular weight excluding hydrogens is 441 g/mol. The molecule has 2 aromatic carbocycles. The largest absolute Gasteiger partial charge is 0.383 e. The fourth-order valence-corrected chi connectivity index (χ4v) is 3.88. The number of ketones is 1. The lowest BCUT2D eigenvalue weighted by atomic mass is 10.1. The zero-order chi connectivity index (χ0) is 20.1. The lowest BCUT2D eigenvalue weighted by Gasteiger charge is -2.10. The van der Waals surface area contributed by atoms with Crippen molar-refractivity contribution in [2.24, 2.45) is 0 Å². The number of halogens is 3. The van der Waals surface area contributed by atoms with E-state index in [1.807, 2.05) is 16.7 Å². The van der Waals surface area contributed by atoms with Gasteiger partial charge in [-0.3, -0.25) is 9.36 Å². The molecule has 28 heavy (non-hydrogen) atoms. The molecule has 1 aromatic heterocycles. The van der Waals surface area contributed by atoms with Crippen LogP contribution in [0.25, 0.3) is 11.4 Å². The molecule has 0 unspecified atom stereocenters. The van der Waals surface area contributed by atoms with Crippen molar-refractivity contribution in [3.05, 3.63) is 63.1 Å². The first-order valence-electron chi connectivity index (χ1n) is 8.28. The van der Waals surface area contributed by atoms with Crippen LogP contribution in [0.2, 0.25) is 15.1 Å². The predicted molar refractivity (Wildman–Crippen MR) is 114 cm³/mol. The lowest BCUT2D eigenvalue weighted by molar-refractivity contribution is 0.102. The second-order valence-corrected chi connectivity index (χ2v) is 8.02. The molecule has 0 amide bonds. The van der Waals surface area contributed by atoms with Gasteiger partial charge in [0.1, 0.15) is 0 Å². The normalized spacial score (nSPS) is 11.0. The molecule has 3 rings (SSSR count). The Balaban J connectivity index is 1.82. The van der Waals surface area contributed by atoms with Crippen molar-refractivity contribution in [1.82, 2.24) is 14.8 Å². The summed E-state index contributed by atoms with van der Waals surface area (Å²) in [7, 11) is 1.63. The first kappa shape index (κ1) is 21.1. The fourth-order valence-electron chi connectivity index (χ4n) is 2.51. The van der Waals surface area contributed by atoms with Gasteiger partial charge in [0, 0.05) is 28.3 Å². The van der Waals surface area contributed by atoms with Gasteiger partial charge in [0.2, 0.25) is 0 Å². The van der Waals surface area contributed by atoms with E-state index in [1.54, 1.807) is 37.4 Å². The summed E-state index contributed by atoms with van der Waals surface area (Å²) in [5, 5.41) is 10.6. The summed E-state index contributed by atoms with van der Waals surface area (Å²) in [4.78, 5) is 12.6. The quantitative estimate of drug-likeness (QED) is 0.330. The van der Waals surface area contributed by atoms with E-state index in [1.165, 1.54) is 11.8 Å². The maximum Gasteiger partial charge on any atom is 0.192 e. The van der Waals surface area contributed by atoms with E-state index in [-0.39, 0.29) is 11.5 Å². The summed E-state index contributed by atoms with van der Waals surface area (Å²) < 4.78 is 7.12. The van der Waals surface area contributed by atoms with Gasteiger partial charge < -0.3 is 4.74 Å². The molecular formula is C19H16Cl3N3O2S. The van der Waals surface area contributed by atoms with Gasteiger partial charge in [-0.25, -0.2) is 0 Å². The maximum atomic E-state index is 12.6. The van der Waals surface area contributed by atoms with Crippen LogP contribution in [0.15, 0.2) is 47.6 Å². The summed E-state index contributed by atoms with van der Waals surface area (Å²) in [6.07, 6.45) is 0. The number of hydrogen-bond donors (Lipinski definition) is 0. The highest BCUT2D eigenvalue weighted by molar-refractivity contribution is 7.99. The predicted octanol–water partition coefficient (Wildman–Crippen LogP) is 5.53. The summed E-state index contributed by atoms with van der Waals surface area (Å²) in [5.74, 6) is 0.711. The molecule has 0 aliphatic carbocycles. The molecule has 9 heteroatoms. The van der Waals surface area contributed by atoms with Crippen molar-refractivity contribution in [1.29, 1.82) is 0 Å². The van der Waals surface area contributed by atoms with Crippen molar-refractivity contribution in [3.8, 4) is 11.4 Å². The molecule has 0 aliphatic heterocycles. The van der Waals surface area contributed by atoms with Gasteiger partial charge in [-0.2, -0.15) is 0 Å². The van der Waals surface area contributed by atoms with E-state index in [0.29, 0.717) is 44.8 Å². The maximum absolute atomic E-state index is 12.6. The number of rotatable bonds is 8. The monoisotopic (exact) mass is 455 g/mol. The average molecular weight is 457 g/mol.